The normalized spacial score (nSPS) is 11.1. The van der Waals surface area contributed by atoms with Gasteiger partial charge in [-0.25, -0.2) is 4.79 Å². The molecule has 5 heteroatoms. The second kappa shape index (κ2) is 6.31. The summed E-state index contributed by atoms with van der Waals surface area (Å²) in [4.78, 5) is 27.2. The van der Waals surface area contributed by atoms with Gasteiger partial charge in [0.25, 0.3) is 5.56 Å². The molecule has 0 radical (unpaired) electrons. The molecule has 0 unspecified atom stereocenters. The zero-order chi connectivity index (χ0) is 15.6. The summed E-state index contributed by atoms with van der Waals surface area (Å²) in [5.74, 6) is 0.411. The van der Waals surface area contributed by atoms with Gasteiger partial charge >= 0.3 is 5.69 Å². The van der Waals surface area contributed by atoms with Crippen LogP contribution in [0.25, 0.3) is 11.1 Å². The van der Waals surface area contributed by atoms with Crippen molar-refractivity contribution >= 4 is 11.6 Å². The topological polar surface area (TPSA) is 54.9 Å². The number of hydrogen-bond donors (Lipinski definition) is 1. The van der Waals surface area contributed by atoms with E-state index in [0.717, 1.165) is 17.5 Å². The number of H-pyrrole nitrogens is 1. The van der Waals surface area contributed by atoms with Gasteiger partial charge in [0.1, 0.15) is 5.15 Å². The SMILES string of the molecule is Cc1ccccc1-c1c(Cl)[nH]c(=O)n(CCC(C)C)c1=O. The second-order valence-corrected chi connectivity index (χ2v) is 5.95. The average Bonchev–Trinajstić information content (AvgIpc) is 2.40. The summed E-state index contributed by atoms with van der Waals surface area (Å²) in [5.41, 5.74) is 1.26. The van der Waals surface area contributed by atoms with Gasteiger partial charge in [-0.1, -0.05) is 49.7 Å². The zero-order valence-electron chi connectivity index (χ0n) is 12.4. The minimum atomic E-state index is -0.456. The third-order valence-corrected chi connectivity index (χ3v) is 3.77. The number of hydrogen-bond acceptors (Lipinski definition) is 2. The Hall–Kier alpha value is -1.81. The first-order valence-electron chi connectivity index (χ1n) is 7.00. The number of aromatic amines is 1. The van der Waals surface area contributed by atoms with Crippen LogP contribution in [-0.4, -0.2) is 9.55 Å². The zero-order valence-corrected chi connectivity index (χ0v) is 13.2. The molecule has 0 aliphatic carbocycles. The average molecular weight is 307 g/mol. The van der Waals surface area contributed by atoms with E-state index in [-0.39, 0.29) is 10.7 Å². The Morgan fingerprint density at radius 2 is 1.90 bits per heavy atom. The molecule has 0 bridgehead atoms. The minimum Gasteiger partial charge on any atom is -0.297 e. The molecular weight excluding hydrogens is 288 g/mol. The number of rotatable bonds is 4. The molecule has 0 saturated heterocycles. The molecule has 21 heavy (non-hydrogen) atoms. The maximum absolute atomic E-state index is 12.6. The first-order chi connectivity index (χ1) is 9.91. The van der Waals surface area contributed by atoms with E-state index in [1.165, 1.54) is 4.57 Å². The van der Waals surface area contributed by atoms with E-state index in [9.17, 15) is 9.59 Å². The molecule has 2 rings (SSSR count). The van der Waals surface area contributed by atoms with Crippen LogP contribution in [0.3, 0.4) is 0 Å². The van der Waals surface area contributed by atoms with Crippen molar-refractivity contribution in [3.8, 4) is 11.1 Å². The van der Waals surface area contributed by atoms with Crippen LogP contribution in [-0.2, 0) is 6.54 Å². The van der Waals surface area contributed by atoms with Crippen LogP contribution in [0.5, 0.6) is 0 Å². The highest BCUT2D eigenvalue weighted by Gasteiger charge is 2.16. The molecule has 0 saturated carbocycles. The fraction of sp³-hybridized carbons (Fsp3) is 0.375. The van der Waals surface area contributed by atoms with E-state index >= 15 is 0 Å². The van der Waals surface area contributed by atoms with Crippen molar-refractivity contribution in [2.24, 2.45) is 5.92 Å². The van der Waals surface area contributed by atoms with E-state index < -0.39 is 5.69 Å². The largest absolute Gasteiger partial charge is 0.329 e. The number of aromatic nitrogens is 2. The highest BCUT2D eigenvalue weighted by molar-refractivity contribution is 6.32. The van der Waals surface area contributed by atoms with Crippen LogP contribution in [0.4, 0.5) is 0 Å². The van der Waals surface area contributed by atoms with Crippen molar-refractivity contribution < 1.29 is 0 Å². The molecule has 0 aliphatic heterocycles. The summed E-state index contributed by atoms with van der Waals surface area (Å²) in [6, 6.07) is 7.50. The van der Waals surface area contributed by atoms with Gasteiger partial charge in [-0.05, 0) is 30.4 Å². The van der Waals surface area contributed by atoms with Gasteiger partial charge in [-0.3, -0.25) is 14.3 Å². The smallest absolute Gasteiger partial charge is 0.297 e. The first kappa shape index (κ1) is 15.6. The Labute approximate surface area is 128 Å². The Morgan fingerprint density at radius 1 is 1.24 bits per heavy atom. The summed E-state index contributed by atoms with van der Waals surface area (Å²) in [6.45, 7) is 6.41. The predicted octanol–water partition coefficient (Wildman–Crippen LogP) is 3.21. The Balaban J connectivity index is 2.63. The fourth-order valence-electron chi connectivity index (χ4n) is 2.22. The molecule has 0 amide bonds. The molecule has 0 atom stereocenters. The standard InChI is InChI=1S/C16H19ClN2O2/c1-10(2)8-9-19-15(20)13(14(17)18-16(19)21)12-7-5-4-6-11(12)3/h4-7,10H,8-9H2,1-3H3,(H,18,21). The number of benzene rings is 1. The maximum atomic E-state index is 12.6. The van der Waals surface area contributed by atoms with Crippen LogP contribution in [0.1, 0.15) is 25.8 Å². The van der Waals surface area contributed by atoms with Crippen molar-refractivity contribution in [3.05, 3.63) is 55.8 Å². The summed E-state index contributed by atoms with van der Waals surface area (Å²) in [7, 11) is 0. The van der Waals surface area contributed by atoms with Gasteiger partial charge in [-0.15, -0.1) is 0 Å². The van der Waals surface area contributed by atoms with Crippen LogP contribution < -0.4 is 11.2 Å². The Kier molecular flexibility index (Phi) is 4.68. The Morgan fingerprint density at radius 3 is 2.52 bits per heavy atom. The molecule has 1 N–H and O–H groups in total. The summed E-state index contributed by atoms with van der Waals surface area (Å²) >= 11 is 6.11. The van der Waals surface area contributed by atoms with Crippen molar-refractivity contribution in [1.82, 2.24) is 9.55 Å². The number of aryl methyl sites for hydroxylation is 1. The maximum Gasteiger partial charge on any atom is 0.329 e. The molecule has 112 valence electrons. The van der Waals surface area contributed by atoms with Crippen LogP contribution in [0.2, 0.25) is 5.15 Å². The van der Waals surface area contributed by atoms with Gasteiger partial charge in [-0.2, -0.15) is 0 Å². The number of halogens is 1. The lowest BCUT2D eigenvalue weighted by Crippen LogP contribution is -2.36. The quantitative estimate of drug-likeness (QED) is 0.882. The van der Waals surface area contributed by atoms with Crippen molar-refractivity contribution in [2.45, 2.75) is 33.7 Å². The predicted molar refractivity (Wildman–Crippen MR) is 86.0 cm³/mol. The lowest BCUT2D eigenvalue weighted by Gasteiger charge is -2.11. The van der Waals surface area contributed by atoms with Crippen LogP contribution >= 0.6 is 11.6 Å². The minimum absolute atomic E-state index is 0.0973. The number of nitrogens with zero attached hydrogens (tertiary/aromatic N) is 1. The van der Waals surface area contributed by atoms with Gasteiger partial charge < -0.3 is 0 Å². The van der Waals surface area contributed by atoms with Gasteiger partial charge in [0.2, 0.25) is 0 Å². The van der Waals surface area contributed by atoms with E-state index in [1.54, 1.807) is 0 Å². The molecular formula is C16H19ClN2O2. The summed E-state index contributed by atoms with van der Waals surface area (Å²) in [5, 5.41) is 0.0973. The van der Waals surface area contributed by atoms with Crippen LogP contribution in [0.15, 0.2) is 33.9 Å². The molecule has 0 spiro atoms. The first-order valence-corrected chi connectivity index (χ1v) is 7.38. The van der Waals surface area contributed by atoms with E-state index in [0.29, 0.717) is 18.0 Å². The molecule has 1 heterocycles. The lowest BCUT2D eigenvalue weighted by molar-refractivity contribution is 0.495. The summed E-state index contributed by atoms with van der Waals surface area (Å²) in [6.07, 6.45) is 0.762. The Bertz CT molecular complexity index is 760. The van der Waals surface area contributed by atoms with E-state index in [1.807, 2.05) is 31.2 Å². The monoisotopic (exact) mass is 306 g/mol. The molecule has 1 aromatic heterocycles. The summed E-state index contributed by atoms with van der Waals surface area (Å²) < 4.78 is 1.23. The molecule has 4 nitrogen and oxygen atoms in total. The highest BCUT2D eigenvalue weighted by Crippen LogP contribution is 2.24. The fourth-order valence-corrected chi connectivity index (χ4v) is 2.49. The molecule has 0 fully saturated rings. The van der Waals surface area contributed by atoms with Crippen molar-refractivity contribution in [3.63, 3.8) is 0 Å². The van der Waals surface area contributed by atoms with E-state index in [4.69, 9.17) is 11.6 Å². The third-order valence-electron chi connectivity index (χ3n) is 3.48. The number of nitrogens with one attached hydrogen (secondary N) is 1. The lowest BCUT2D eigenvalue weighted by atomic mass is 10.0. The van der Waals surface area contributed by atoms with Crippen molar-refractivity contribution in [2.75, 3.05) is 0 Å². The third kappa shape index (κ3) is 3.27. The van der Waals surface area contributed by atoms with Gasteiger partial charge in [0.15, 0.2) is 0 Å². The second-order valence-electron chi connectivity index (χ2n) is 5.57. The van der Waals surface area contributed by atoms with Crippen LogP contribution in [0, 0.1) is 12.8 Å². The molecule has 2 aromatic rings. The van der Waals surface area contributed by atoms with Crippen molar-refractivity contribution in [1.29, 1.82) is 0 Å². The van der Waals surface area contributed by atoms with Gasteiger partial charge in [0, 0.05) is 6.54 Å². The van der Waals surface area contributed by atoms with E-state index in [2.05, 4.69) is 18.8 Å². The molecule has 1 aromatic carbocycles. The van der Waals surface area contributed by atoms with Gasteiger partial charge in [0.05, 0.1) is 5.56 Å². The highest BCUT2D eigenvalue weighted by atomic mass is 35.5. The molecule has 0 aliphatic rings.